The first-order valence-corrected chi connectivity index (χ1v) is 11.5. The molecule has 0 saturated heterocycles. The van der Waals surface area contributed by atoms with Crippen molar-refractivity contribution in [2.24, 2.45) is 0 Å². The summed E-state index contributed by atoms with van der Waals surface area (Å²) in [6.45, 7) is 4.32. The van der Waals surface area contributed by atoms with E-state index in [4.69, 9.17) is 9.84 Å². The van der Waals surface area contributed by atoms with Gasteiger partial charge in [-0.25, -0.2) is 9.78 Å². The van der Waals surface area contributed by atoms with E-state index >= 15 is 0 Å². The lowest BCUT2D eigenvalue weighted by Gasteiger charge is -2.01. The molecule has 4 aromatic rings. The molecule has 0 spiro atoms. The molecule has 1 N–H and O–H groups in total. The highest BCUT2D eigenvalue weighted by Crippen LogP contribution is 2.25. The first-order valence-electron chi connectivity index (χ1n) is 10.7. The van der Waals surface area contributed by atoms with Crippen molar-refractivity contribution in [3.63, 3.8) is 0 Å². The molecule has 4 rings (SSSR count). The minimum atomic E-state index is -0.444. The number of esters is 1. The van der Waals surface area contributed by atoms with Gasteiger partial charge in [-0.1, -0.05) is 41.7 Å². The maximum absolute atomic E-state index is 12.6. The van der Waals surface area contributed by atoms with Crippen molar-refractivity contribution in [2.45, 2.75) is 20.4 Å². The van der Waals surface area contributed by atoms with Crippen molar-refractivity contribution in [1.29, 1.82) is 0 Å². The van der Waals surface area contributed by atoms with Crippen LogP contribution in [0, 0.1) is 6.92 Å². The van der Waals surface area contributed by atoms with Gasteiger partial charge in [-0.15, -0.1) is 0 Å². The van der Waals surface area contributed by atoms with Gasteiger partial charge in [0.1, 0.15) is 10.6 Å². The lowest BCUT2D eigenvalue weighted by molar-refractivity contribution is -0.111. The van der Waals surface area contributed by atoms with Crippen LogP contribution in [0.25, 0.3) is 17.3 Å². The van der Waals surface area contributed by atoms with Gasteiger partial charge in [0.15, 0.2) is 5.13 Å². The number of rotatable bonds is 8. The summed E-state index contributed by atoms with van der Waals surface area (Å²) in [6.07, 6.45) is 8.46. The number of aromatic nitrogens is 4. The van der Waals surface area contributed by atoms with Crippen molar-refractivity contribution < 1.29 is 14.3 Å². The van der Waals surface area contributed by atoms with E-state index in [1.807, 2.05) is 53.3 Å². The molecule has 0 radical (unpaired) electrons. The van der Waals surface area contributed by atoms with E-state index in [9.17, 15) is 9.59 Å². The number of nitrogens with zero attached hydrogens (tertiary/aromatic N) is 4. The number of thiazole rings is 1. The highest BCUT2D eigenvalue weighted by molar-refractivity contribution is 7.17. The molecule has 34 heavy (non-hydrogen) atoms. The number of pyridine rings is 1. The van der Waals surface area contributed by atoms with E-state index in [0.717, 1.165) is 33.7 Å². The Morgan fingerprint density at radius 3 is 2.74 bits per heavy atom. The molecular weight excluding hydrogens is 450 g/mol. The fourth-order valence-corrected chi connectivity index (χ4v) is 4.15. The molecule has 8 nitrogen and oxygen atoms in total. The molecule has 0 bridgehead atoms. The van der Waals surface area contributed by atoms with Crippen LogP contribution in [-0.4, -0.2) is 38.2 Å². The number of nitrogens with one attached hydrogen (secondary N) is 1. The number of amides is 1. The van der Waals surface area contributed by atoms with Crippen molar-refractivity contribution >= 4 is 34.4 Å². The summed E-state index contributed by atoms with van der Waals surface area (Å²) in [7, 11) is 0. The number of hydrogen-bond acceptors (Lipinski definition) is 7. The van der Waals surface area contributed by atoms with Gasteiger partial charge in [0.2, 0.25) is 5.91 Å². The summed E-state index contributed by atoms with van der Waals surface area (Å²) in [4.78, 5) is 33.4. The van der Waals surface area contributed by atoms with Gasteiger partial charge >= 0.3 is 5.97 Å². The summed E-state index contributed by atoms with van der Waals surface area (Å²) in [6, 6.07) is 13.8. The van der Waals surface area contributed by atoms with Gasteiger partial charge in [0, 0.05) is 35.8 Å². The number of carbonyl (C=O) groups is 2. The van der Waals surface area contributed by atoms with Gasteiger partial charge in [-0.3, -0.25) is 19.8 Å². The van der Waals surface area contributed by atoms with E-state index in [1.165, 1.54) is 6.08 Å². The maximum atomic E-state index is 12.6. The van der Waals surface area contributed by atoms with Gasteiger partial charge in [-0.2, -0.15) is 5.10 Å². The summed E-state index contributed by atoms with van der Waals surface area (Å²) >= 11 is 1.09. The topological polar surface area (TPSA) is 99.0 Å². The Labute approximate surface area is 201 Å². The number of carbonyl (C=O) groups excluding carboxylic acids is 2. The average Bonchev–Trinajstić information content (AvgIpc) is 3.42. The van der Waals surface area contributed by atoms with Gasteiger partial charge < -0.3 is 4.74 Å². The van der Waals surface area contributed by atoms with Gasteiger partial charge in [0.05, 0.1) is 18.8 Å². The van der Waals surface area contributed by atoms with Crippen LogP contribution in [0.5, 0.6) is 0 Å². The second kappa shape index (κ2) is 10.7. The predicted octanol–water partition coefficient (Wildman–Crippen LogP) is 4.59. The second-order valence-electron chi connectivity index (χ2n) is 7.33. The lowest BCUT2D eigenvalue weighted by atomic mass is 10.1. The largest absolute Gasteiger partial charge is 0.462 e. The average molecular weight is 474 g/mol. The van der Waals surface area contributed by atoms with Crippen LogP contribution >= 0.6 is 11.3 Å². The Morgan fingerprint density at radius 2 is 2.00 bits per heavy atom. The summed E-state index contributed by atoms with van der Waals surface area (Å²) in [5.41, 5.74) is 3.99. The number of anilines is 1. The van der Waals surface area contributed by atoms with Crippen LogP contribution in [0.15, 0.2) is 67.1 Å². The smallest absolute Gasteiger partial charge is 0.350 e. The molecule has 0 unspecified atom stereocenters. The molecule has 3 aromatic heterocycles. The van der Waals surface area contributed by atoms with E-state index in [-0.39, 0.29) is 12.5 Å². The number of ether oxygens (including phenoxy) is 1. The number of hydrogen-bond donors (Lipinski definition) is 1. The monoisotopic (exact) mass is 473 g/mol. The molecule has 0 fully saturated rings. The molecule has 0 saturated carbocycles. The zero-order valence-corrected chi connectivity index (χ0v) is 19.6. The minimum Gasteiger partial charge on any atom is -0.462 e. The van der Waals surface area contributed by atoms with Crippen molar-refractivity contribution in [2.75, 3.05) is 11.9 Å². The molecule has 1 amide bonds. The molecule has 1 aromatic carbocycles. The Morgan fingerprint density at radius 1 is 1.18 bits per heavy atom. The molecular formula is C25H23N5O3S. The number of benzene rings is 1. The Bertz CT molecular complexity index is 1310. The number of aryl methyl sites for hydroxylation is 1. The third-order valence-electron chi connectivity index (χ3n) is 4.81. The Kier molecular flexibility index (Phi) is 7.24. The third-order valence-corrected chi connectivity index (χ3v) is 5.87. The molecule has 0 atom stereocenters. The normalized spacial score (nSPS) is 11.0. The highest BCUT2D eigenvalue weighted by atomic mass is 32.1. The van der Waals surface area contributed by atoms with Crippen LogP contribution < -0.4 is 5.32 Å². The molecule has 9 heteroatoms. The summed E-state index contributed by atoms with van der Waals surface area (Å²) < 4.78 is 6.86. The summed E-state index contributed by atoms with van der Waals surface area (Å²) in [5, 5.41) is 7.77. The van der Waals surface area contributed by atoms with E-state index in [0.29, 0.717) is 22.2 Å². The highest BCUT2D eigenvalue weighted by Gasteiger charge is 2.17. The van der Waals surface area contributed by atoms with Crippen LogP contribution in [0.1, 0.15) is 33.4 Å². The molecule has 172 valence electrons. The third kappa shape index (κ3) is 5.62. The zero-order valence-electron chi connectivity index (χ0n) is 18.8. The van der Waals surface area contributed by atoms with Gasteiger partial charge in [0.25, 0.3) is 0 Å². The van der Waals surface area contributed by atoms with Crippen LogP contribution in [0.4, 0.5) is 5.13 Å². The SMILES string of the molecule is CCOC(=O)c1sc(NC(=O)C=Cc2cn(Cc3ccccc3)nc2-c2cccnc2)nc1C. The van der Waals surface area contributed by atoms with Gasteiger partial charge in [-0.05, 0) is 37.6 Å². The van der Waals surface area contributed by atoms with Crippen LogP contribution in [-0.2, 0) is 16.1 Å². The van der Waals surface area contributed by atoms with Crippen molar-refractivity contribution in [3.05, 3.63) is 88.8 Å². The van der Waals surface area contributed by atoms with Crippen molar-refractivity contribution in [3.8, 4) is 11.3 Å². The standard InChI is InChI=1S/C25H23N5O3S/c1-3-33-24(32)23-17(2)27-25(34-23)28-21(31)12-11-20-16-30(15-18-8-5-4-6-9-18)29-22(20)19-10-7-13-26-14-19/h4-14,16H,3,15H2,1-2H3,(H,27,28,31). The van der Waals surface area contributed by atoms with E-state index in [2.05, 4.69) is 15.3 Å². The zero-order chi connectivity index (χ0) is 23.9. The lowest BCUT2D eigenvalue weighted by Crippen LogP contribution is -2.07. The molecule has 0 aliphatic rings. The second-order valence-corrected chi connectivity index (χ2v) is 8.33. The van der Waals surface area contributed by atoms with Crippen LogP contribution in [0.3, 0.4) is 0 Å². The fourth-order valence-electron chi connectivity index (χ4n) is 3.29. The van der Waals surface area contributed by atoms with E-state index in [1.54, 1.807) is 32.3 Å². The van der Waals surface area contributed by atoms with Crippen LogP contribution in [0.2, 0.25) is 0 Å². The Balaban J connectivity index is 1.54. The van der Waals surface area contributed by atoms with E-state index < -0.39 is 5.97 Å². The predicted molar refractivity (Wildman–Crippen MR) is 131 cm³/mol. The molecule has 0 aliphatic heterocycles. The summed E-state index contributed by atoms with van der Waals surface area (Å²) in [5.74, 6) is -0.808. The fraction of sp³-hybridized carbons (Fsp3) is 0.160. The minimum absolute atomic E-state index is 0.276. The first-order chi connectivity index (χ1) is 16.5. The van der Waals surface area contributed by atoms with Crippen molar-refractivity contribution in [1.82, 2.24) is 19.7 Å². The molecule has 3 heterocycles. The Hall–Kier alpha value is -4.11. The maximum Gasteiger partial charge on any atom is 0.350 e. The quantitative estimate of drug-likeness (QED) is 0.297. The first kappa shape index (κ1) is 23.1. The molecule has 0 aliphatic carbocycles.